The minimum Gasteiger partial charge on any atom is -0.378 e. The molecule has 2 atom stereocenters. The highest BCUT2D eigenvalue weighted by Gasteiger charge is 2.28. The highest BCUT2D eigenvalue weighted by atomic mass is 16.5. The Morgan fingerprint density at radius 2 is 2.06 bits per heavy atom. The molecule has 1 saturated heterocycles. The monoisotopic (exact) mass is 255 g/mol. The Bertz CT molecular complexity index is 191. The summed E-state index contributed by atoms with van der Waals surface area (Å²) in [6.45, 7) is 10.1. The SMILES string of the molecule is CCCCC(CC)(CCC1CCCO1)CNCC. The molecule has 0 aromatic carbocycles. The molecule has 1 aliphatic heterocycles. The molecule has 0 radical (unpaired) electrons. The minimum atomic E-state index is 0.512. The van der Waals surface area contributed by atoms with E-state index in [-0.39, 0.29) is 0 Å². The van der Waals surface area contributed by atoms with Crippen molar-refractivity contribution in [2.45, 2.75) is 78.2 Å². The summed E-state index contributed by atoms with van der Waals surface area (Å²) in [6, 6.07) is 0. The lowest BCUT2D eigenvalue weighted by molar-refractivity contribution is 0.0830. The Kier molecular flexibility index (Phi) is 7.92. The summed E-state index contributed by atoms with van der Waals surface area (Å²) < 4.78 is 5.78. The fourth-order valence-corrected chi connectivity index (χ4v) is 3.06. The van der Waals surface area contributed by atoms with Crippen molar-refractivity contribution in [1.82, 2.24) is 5.32 Å². The van der Waals surface area contributed by atoms with Gasteiger partial charge in [0, 0.05) is 13.2 Å². The highest BCUT2D eigenvalue weighted by molar-refractivity contribution is 4.82. The first kappa shape index (κ1) is 16.0. The molecular formula is C16H33NO. The topological polar surface area (TPSA) is 21.3 Å². The van der Waals surface area contributed by atoms with Gasteiger partial charge in [0.15, 0.2) is 0 Å². The van der Waals surface area contributed by atoms with Crippen molar-refractivity contribution in [3.63, 3.8) is 0 Å². The van der Waals surface area contributed by atoms with Gasteiger partial charge in [-0.05, 0) is 50.5 Å². The number of rotatable bonds is 10. The minimum absolute atomic E-state index is 0.512. The number of hydrogen-bond donors (Lipinski definition) is 1. The molecule has 0 aromatic heterocycles. The van der Waals surface area contributed by atoms with Crippen LogP contribution >= 0.6 is 0 Å². The zero-order valence-electron chi connectivity index (χ0n) is 12.8. The fraction of sp³-hybridized carbons (Fsp3) is 1.00. The summed E-state index contributed by atoms with van der Waals surface area (Å²) in [5.41, 5.74) is 0.512. The number of hydrogen-bond acceptors (Lipinski definition) is 2. The second-order valence-electron chi connectivity index (χ2n) is 5.91. The fourth-order valence-electron chi connectivity index (χ4n) is 3.06. The van der Waals surface area contributed by atoms with E-state index in [4.69, 9.17) is 4.74 Å². The third-order valence-corrected chi connectivity index (χ3v) is 4.58. The molecule has 0 aromatic rings. The second-order valence-corrected chi connectivity index (χ2v) is 5.91. The molecule has 18 heavy (non-hydrogen) atoms. The smallest absolute Gasteiger partial charge is 0.0576 e. The molecule has 108 valence electrons. The van der Waals surface area contributed by atoms with Crippen molar-refractivity contribution in [3.05, 3.63) is 0 Å². The molecular weight excluding hydrogens is 222 g/mol. The first-order valence-corrected chi connectivity index (χ1v) is 8.08. The van der Waals surface area contributed by atoms with E-state index in [9.17, 15) is 0 Å². The predicted octanol–water partition coefficient (Wildman–Crippen LogP) is 4.14. The Morgan fingerprint density at radius 3 is 2.61 bits per heavy atom. The van der Waals surface area contributed by atoms with E-state index in [1.165, 1.54) is 57.9 Å². The number of ether oxygens (including phenoxy) is 1. The molecule has 0 saturated carbocycles. The van der Waals surface area contributed by atoms with Crippen molar-refractivity contribution in [1.29, 1.82) is 0 Å². The molecule has 1 rings (SSSR count). The lowest BCUT2D eigenvalue weighted by Crippen LogP contribution is -2.34. The van der Waals surface area contributed by atoms with E-state index in [0.29, 0.717) is 11.5 Å². The van der Waals surface area contributed by atoms with Gasteiger partial charge in [-0.1, -0.05) is 33.6 Å². The highest BCUT2D eigenvalue weighted by Crippen LogP contribution is 2.35. The molecule has 0 amide bonds. The van der Waals surface area contributed by atoms with Gasteiger partial charge in [0.2, 0.25) is 0 Å². The van der Waals surface area contributed by atoms with E-state index < -0.39 is 0 Å². The average molecular weight is 255 g/mol. The number of nitrogens with one attached hydrogen (secondary N) is 1. The van der Waals surface area contributed by atoms with Crippen molar-refractivity contribution >= 4 is 0 Å². The molecule has 1 fully saturated rings. The molecule has 0 bridgehead atoms. The normalized spacial score (nSPS) is 23.2. The van der Waals surface area contributed by atoms with E-state index in [1.54, 1.807) is 0 Å². The van der Waals surface area contributed by atoms with Gasteiger partial charge in [-0.25, -0.2) is 0 Å². The van der Waals surface area contributed by atoms with E-state index in [1.807, 2.05) is 0 Å². The van der Waals surface area contributed by atoms with E-state index >= 15 is 0 Å². The van der Waals surface area contributed by atoms with Crippen LogP contribution in [0.1, 0.15) is 72.1 Å². The van der Waals surface area contributed by atoms with E-state index in [0.717, 1.165) is 13.2 Å². The Morgan fingerprint density at radius 1 is 1.22 bits per heavy atom. The van der Waals surface area contributed by atoms with Gasteiger partial charge in [-0.2, -0.15) is 0 Å². The molecule has 1 heterocycles. The summed E-state index contributed by atoms with van der Waals surface area (Å²) in [5.74, 6) is 0. The van der Waals surface area contributed by atoms with Gasteiger partial charge < -0.3 is 10.1 Å². The third kappa shape index (κ3) is 5.27. The van der Waals surface area contributed by atoms with Crippen LogP contribution in [0.3, 0.4) is 0 Å². The zero-order chi connectivity index (χ0) is 13.3. The summed E-state index contributed by atoms with van der Waals surface area (Å²) in [4.78, 5) is 0. The van der Waals surface area contributed by atoms with Gasteiger partial charge in [0.25, 0.3) is 0 Å². The van der Waals surface area contributed by atoms with Gasteiger partial charge in [0.05, 0.1) is 6.10 Å². The molecule has 2 nitrogen and oxygen atoms in total. The molecule has 1 aliphatic rings. The maximum Gasteiger partial charge on any atom is 0.0576 e. The number of unbranched alkanes of at least 4 members (excludes halogenated alkanes) is 1. The van der Waals surface area contributed by atoms with Crippen LogP contribution in [0.2, 0.25) is 0 Å². The van der Waals surface area contributed by atoms with Crippen molar-refractivity contribution in [2.75, 3.05) is 19.7 Å². The van der Waals surface area contributed by atoms with Crippen molar-refractivity contribution in [2.24, 2.45) is 5.41 Å². The lowest BCUT2D eigenvalue weighted by Gasteiger charge is -2.34. The Labute approximate surface area is 114 Å². The maximum atomic E-state index is 5.78. The quantitative estimate of drug-likeness (QED) is 0.633. The molecule has 0 spiro atoms. The average Bonchev–Trinajstić information content (AvgIpc) is 2.92. The van der Waals surface area contributed by atoms with Crippen LogP contribution in [0, 0.1) is 5.41 Å². The van der Waals surface area contributed by atoms with Crippen LogP contribution in [0.5, 0.6) is 0 Å². The first-order valence-electron chi connectivity index (χ1n) is 8.08. The van der Waals surface area contributed by atoms with Crippen LogP contribution in [-0.2, 0) is 4.74 Å². The van der Waals surface area contributed by atoms with Gasteiger partial charge >= 0.3 is 0 Å². The van der Waals surface area contributed by atoms with Crippen LogP contribution in [0.15, 0.2) is 0 Å². The molecule has 1 N–H and O–H groups in total. The van der Waals surface area contributed by atoms with Gasteiger partial charge in [0.1, 0.15) is 0 Å². The Balaban J connectivity index is 2.43. The van der Waals surface area contributed by atoms with Crippen LogP contribution < -0.4 is 5.32 Å². The third-order valence-electron chi connectivity index (χ3n) is 4.58. The first-order chi connectivity index (χ1) is 8.76. The second kappa shape index (κ2) is 8.92. The van der Waals surface area contributed by atoms with Gasteiger partial charge in [-0.3, -0.25) is 0 Å². The molecule has 2 unspecified atom stereocenters. The van der Waals surface area contributed by atoms with Crippen molar-refractivity contribution in [3.8, 4) is 0 Å². The van der Waals surface area contributed by atoms with Crippen LogP contribution in [-0.4, -0.2) is 25.8 Å². The van der Waals surface area contributed by atoms with E-state index in [2.05, 4.69) is 26.1 Å². The standard InChI is InChI=1S/C16H33NO/c1-4-7-11-16(5-2,14-17-6-3)12-10-15-9-8-13-18-15/h15,17H,4-14H2,1-3H3. The summed E-state index contributed by atoms with van der Waals surface area (Å²) in [7, 11) is 0. The predicted molar refractivity (Wildman–Crippen MR) is 79.0 cm³/mol. The van der Waals surface area contributed by atoms with Gasteiger partial charge in [-0.15, -0.1) is 0 Å². The summed E-state index contributed by atoms with van der Waals surface area (Å²) >= 11 is 0. The van der Waals surface area contributed by atoms with Crippen LogP contribution in [0.4, 0.5) is 0 Å². The lowest BCUT2D eigenvalue weighted by atomic mass is 9.75. The van der Waals surface area contributed by atoms with Crippen LogP contribution in [0.25, 0.3) is 0 Å². The summed E-state index contributed by atoms with van der Waals surface area (Å²) in [6.07, 6.45) is 11.1. The Hall–Kier alpha value is -0.0800. The summed E-state index contributed by atoms with van der Waals surface area (Å²) in [5, 5.41) is 3.58. The largest absolute Gasteiger partial charge is 0.378 e. The maximum absolute atomic E-state index is 5.78. The van der Waals surface area contributed by atoms with Crippen molar-refractivity contribution < 1.29 is 4.74 Å². The molecule has 0 aliphatic carbocycles. The molecule has 2 heteroatoms. The zero-order valence-corrected chi connectivity index (χ0v) is 12.8.